The van der Waals surface area contributed by atoms with Crippen molar-refractivity contribution in [3.05, 3.63) is 35.7 Å². The van der Waals surface area contributed by atoms with Crippen molar-refractivity contribution in [2.75, 3.05) is 14.2 Å². The Kier molecular flexibility index (Phi) is 3.04. The third-order valence-corrected chi connectivity index (χ3v) is 2.62. The van der Waals surface area contributed by atoms with Crippen molar-refractivity contribution < 1.29 is 9.47 Å². The Hall–Kier alpha value is -1.97. The van der Waals surface area contributed by atoms with Gasteiger partial charge in [-0.05, 0) is 32.0 Å². The molecule has 1 aromatic carbocycles. The smallest absolute Gasteiger partial charge is 0.186 e. The van der Waals surface area contributed by atoms with Crippen LogP contribution >= 0.6 is 0 Å². The number of rotatable bonds is 3. The fraction of sp³-hybridized carbons (Fsp3) is 0.308. The molecule has 0 saturated carbocycles. The van der Waals surface area contributed by atoms with Crippen LogP contribution in [0.1, 0.15) is 11.4 Å². The van der Waals surface area contributed by atoms with Gasteiger partial charge in [0.15, 0.2) is 11.5 Å². The zero-order valence-corrected chi connectivity index (χ0v) is 10.5. The van der Waals surface area contributed by atoms with Crippen LogP contribution in [0.15, 0.2) is 24.3 Å². The Bertz CT molecular complexity index is 532. The van der Waals surface area contributed by atoms with Crippen LogP contribution in [0.2, 0.25) is 0 Å². The lowest BCUT2D eigenvalue weighted by molar-refractivity contribution is 0.353. The lowest BCUT2D eigenvalue weighted by Crippen LogP contribution is -2.03. The van der Waals surface area contributed by atoms with Gasteiger partial charge in [-0.3, -0.25) is 0 Å². The van der Waals surface area contributed by atoms with E-state index in [4.69, 9.17) is 9.47 Å². The van der Waals surface area contributed by atoms with Crippen molar-refractivity contribution in [2.45, 2.75) is 13.8 Å². The molecule has 0 saturated heterocycles. The standard InChI is InChI=1S/C13H16N2O2/c1-9-8-10(2)15(14-9)11-6-5-7-12(16-3)13(11)17-4/h5-8H,1-4H3. The maximum Gasteiger partial charge on any atom is 0.186 e. The number of nitrogens with zero attached hydrogens (tertiary/aromatic N) is 2. The molecule has 0 unspecified atom stereocenters. The van der Waals surface area contributed by atoms with Gasteiger partial charge in [0.25, 0.3) is 0 Å². The molecule has 0 radical (unpaired) electrons. The maximum absolute atomic E-state index is 5.40. The summed E-state index contributed by atoms with van der Waals surface area (Å²) < 4.78 is 12.5. The molecule has 0 aliphatic carbocycles. The quantitative estimate of drug-likeness (QED) is 0.815. The summed E-state index contributed by atoms with van der Waals surface area (Å²) >= 11 is 0. The molecule has 4 heteroatoms. The minimum absolute atomic E-state index is 0.696. The molecule has 17 heavy (non-hydrogen) atoms. The van der Waals surface area contributed by atoms with E-state index in [0.29, 0.717) is 11.5 Å². The third kappa shape index (κ3) is 1.98. The molecule has 0 aliphatic heterocycles. The summed E-state index contributed by atoms with van der Waals surface area (Å²) in [6.07, 6.45) is 0. The minimum Gasteiger partial charge on any atom is -0.493 e. The molecule has 0 bridgehead atoms. The first kappa shape index (κ1) is 11.5. The number of aromatic nitrogens is 2. The Morgan fingerprint density at radius 3 is 2.41 bits per heavy atom. The number of ether oxygens (including phenoxy) is 2. The number of aryl methyl sites for hydroxylation is 2. The summed E-state index contributed by atoms with van der Waals surface area (Å²) in [7, 11) is 3.26. The van der Waals surface area contributed by atoms with E-state index in [1.165, 1.54) is 0 Å². The number of hydrogen-bond donors (Lipinski definition) is 0. The van der Waals surface area contributed by atoms with Crippen LogP contribution in [0.25, 0.3) is 5.69 Å². The summed E-state index contributed by atoms with van der Waals surface area (Å²) in [4.78, 5) is 0. The van der Waals surface area contributed by atoms with Crippen LogP contribution in [-0.4, -0.2) is 24.0 Å². The summed E-state index contributed by atoms with van der Waals surface area (Å²) in [6.45, 7) is 3.98. The normalized spacial score (nSPS) is 10.4. The van der Waals surface area contributed by atoms with Crippen molar-refractivity contribution in [3.8, 4) is 17.2 Å². The Morgan fingerprint density at radius 2 is 1.88 bits per heavy atom. The van der Waals surface area contributed by atoms with E-state index in [2.05, 4.69) is 5.10 Å². The van der Waals surface area contributed by atoms with Gasteiger partial charge in [-0.25, -0.2) is 4.68 Å². The van der Waals surface area contributed by atoms with E-state index in [1.807, 2.05) is 42.8 Å². The van der Waals surface area contributed by atoms with Gasteiger partial charge in [-0.15, -0.1) is 0 Å². The predicted octanol–water partition coefficient (Wildman–Crippen LogP) is 2.51. The number of para-hydroxylation sites is 1. The van der Waals surface area contributed by atoms with Gasteiger partial charge in [0, 0.05) is 5.69 Å². The Morgan fingerprint density at radius 1 is 1.12 bits per heavy atom. The van der Waals surface area contributed by atoms with Gasteiger partial charge >= 0.3 is 0 Å². The molecular formula is C13H16N2O2. The molecule has 90 valence electrons. The van der Waals surface area contributed by atoms with Crippen molar-refractivity contribution in [2.24, 2.45) is 0 Å². The second-order valence-electron chi connectivity index (χ2n) is 3.85. The first-order chi connectivity index (χ1) is 8.17. The highest BCUT2D eigenvalue weighted by Gasteiger charge is 2.13. The molecule has 0 fully saturated rings. The van der Waals surface area contributed by atoms with Crippen LogP contribution < -0.4 is 9.47 Å². The molecule has 0 atom stereocenters. The lowest BCUT2D eigenvalue weighted by Gasteiger charge is -2.13. The average molecular weight is 232 g/mol. The van der Waals surface area contributed by atoms with E-state index in [1.54, 1.807) is 14.2 Å². The highest BCUT2D eigenvalue weighted by atomic mass is 16.5. The second kappa shape index (κ2) is 4.49. The van der Waals surface area contributed by atoms with Gasteiger partial charge in [0.1, 0.15) is 5.69 Å². The number of methoxy groups -OCH3 is 2. The van der Waals surface area contributed by atoms with E-state index in [-0.39, 0.29) is 0 Å². The van der Waals surface area contributed by atoms with Crippen molar-refractivity contribution in [1.29, 1.82) is 0 Å². The van der Waals surface area contributed by atoms with Gasteiger partial charge in [0.2, 0.25) is 0 Å². The summed E-state index contributed by atoms with van der Waals surface area (Å²) in [5.41, 5.74) is 2.93. The Balaban J connectivity index is 2.62. The van der Waals surface area contributed by atoms with E-state index < -0.39 is 0 Å². The molecule has 0 amide bonds. The van der Waals surface area contributed by atoms with Crippen molar-refractivity contribution in [1.82, 2.24) is 9.78 Å². The zero-order chi connectivity index (χ0) is 12.4. The molecule has 2 rings (SSSR count). The average Bonchev–Trinajstić information content (AvgIpc) is 2.67. The predicted molar refractivity (Wildman–Crippen MR) is 66.1 cm³/mol. The topological polar surface area (TPSA) is 36.3 Å². The summed E-state index contributed by atoms with van der Waals surface area (Å²) in [6, 6.07) is 7.78. The molecule has 2 aromatic rings. The molecular weight excluding hydrogens is 216 g/mol. The van der Waals surface area contributed by atoms with E-state index >= 15 is 0 Å². The van der Waals surface area contributed by atoms with E-state index in [0.717, 1.165) is 17.1 Å². The molecule has 0 aliphatic rings. The van der Waals surface area contributed by atoms with Crippen LogP contribution in [-0.2, 0) is 0 Å². The van der Waals surface area contributed by atoms with Gasteiger partial charge in [-0.1, -0.05) is 6.07 Å². The zero-order valence-electron chi connectivity index (χ0n) is 10.5. The first-order valence-corrected chi connectivity index (χ1v) is 5.42. The largest absolute Gasteiger partial charge is 0.493 e. The van der Waals surface area contributed by atoms with Gasteiger partial charge < -0.3 is 9.47 Å². The number of benzene rings is 1. The molecule has 1 aromatic heterocycles. The fourth-order valence-corrected chi connectivity index (χ4v) is 1.91. The van der Waals surface area contributed by atoms with Crippen LogP contribution in [0.4, 0.5) is 0 Å². The summed E-state index contributed by atoms with van der Waals surface area (Å²) in [5.74, 6) is 1.40. The third-order valence-electron chi connectivity index (χ3n) is 2.62. The fourth-order valence-electron chi connectivity index (χ4n) is 1.91. The van der Waals surface area contributed by atoms with Gasteiger partial charge in [-0.2, -0.15) is 5.10 Å². The van der Waals surface area contributed by atoms with E-state index in [9.17, 15) is 0 Å². The Labute approximate surface area is 101 Å². The minimum atomic E-state index is 0.696. The monoisotopic (exact) mass is 232 g/mol. The molecule has 0 spiro atoms. The van der Waals surface area contributed by atoms with Crippen molar-refractivity contribution in [3.63, 3.8) is 0 Å². The van der Waals surface area contributed by atoms with Crippen LogP contribution in [0.3, 0.4) is 0 Å². The summed E-state index contributed by atoms with van der Waals surface area (Å²) in [5, 5.41) is 4.45. The highest BCUT2D eigenvalue weighted by molar-refractivity contribution is 5.55. The first-order valence-electron chi connectivity index (χ1n) is 5.42. The molecule has 0 N–H and O–H groups in total. The second-order valence-corrected chi connectivity index (χ2v) is 3.85. The van der Waals surface area contributed by atoms with Crippen LogP contribution in [0, 0.1) is 13.8 Å². The lowest BCUT2D eigenvalue weighted by atomic mass is 10.2. The maximum atomic E-state index is 5.40. The van der Waals surface area contributed by atoms with Crippen LogP contribution in [0.5, 0.6) is 11.5 Å². The SMILES string of the molecule is COc1cccc(-n2nc(C)cc2C)c1OC. The molecule has 4 nitrogen and oxygen atoms in total. The molecule has 1 heterocycles. The van der Waals surface area contributed by atoms with Crippen molar-refractivity contribution >= 4 is 0 Å². The number of hydrogen-bond acceptors (Lipinski definition) is 3. The highest BCUT2D eigenvalue weighted by Crippen LogP contribution is 2.33. The van der Waals surface area contributed by atoms with Gasteiger partial charge in [0.05, 0.1) is 19.9 Å².